The van der Waals surface area contributed by atoms with Crippen LogP contribution in [0.15, 0.2) is 23.2 Å². The maximum absolute atomic E-state index is 13.9. The zero-order valence-corrected chi connectivity index (χ0v) is 17.3. The summed E-state index contributed by atoms with van der Waals surface area (Å²) in [5.41, 5.74) is -1.06. The van der Waals surface area contributed by atoms with E-state index in [-0.39, 0.29) is 17.5 Å². The largest absolute Gasteiger partial charge is 0.444 e. The average molecular weight is 396 g/mol. The summed E-state index contributed by atoms with van der Waals surface area (Å²) in [6.07, 6.45) is 0.123. The predicted octanol–water partition coefficient (Wildman–Crippen LogP) is 3.29. The van der Waals surface area contributed by atoms with Gasteiger partial charge in [-0.05, 0) is 53.2 Å². The normalized spacial score (nSPS) is 19.8. The van der Waals surface area contributed by atoms with Crippen LogP contribution >= 0.6 is 0 Å². The Morgan fingerprint density at radius 2 is 1.82 bits per heavy atom. The molecule has 0 aromatic heterocycles. The van der Waals surface area contributed by atoms with Crippen LogP contribution < -0.4 is 16.0 Å². The monoisotopic (exact) mass is 396 g/mol. The number of alkyl carbamates (subject to hydrolysis) is 1. The summed E-state index contributed by atoms with van der Waals surface area (Å²) < 4.78 is 33.1. The van der Waals surface area contributed by atoms with E-state index in [4.69, 9.17) is 4.74 Å². The van der Waals surface area contributed by atoms with E-state index < -0.39 is 28.9 Å². The lowest BCUT2D eigenvalue weighted by atomic mass is 10.1. The van der Waals surface area contributed by atoms with Gasteiger partial charge in [0.25, 0.3) is 0 Å². The smallest absolute Gasteiger partial charge is 0.408 e. The molecule has 3 N–H and O–H groups in total. The van der Waals surface area contributed by atoms with Gasteiger partial charge in [-0.25, -0.2) is 13.6 Å². The second kappa shape index (κ2) is 8.32. The molecule has 2 rings (SSSR count). The van der Waals surface area contributed by atoms with E-state index in [0.29, 0.717) is 18.9 Å². The minimum atomic E-state index is -0.597. The Kier molecular flexibility index (Phi) is 6.52. The molecule has 0 aliphatic heterocycles. The maximum Gasteiger partial charge on any atom is 0.408 e. The van der Waals surface area contributed by atoms with Gasteiger partial charge in [0.2, 0.25) is 0 Å². The molecule has 8 heteroatoms. The van der Waals surface area contributed by atoms with E-state index in [1.165, 1.54) is 18.2 Å². The van der Waals surface area contributed by atoms with Crippen molar-refractivity contribution in [3.63, 3.8) is 0 Å². The van der Waals surface area contributed by atoms with E-state index in [1.807, 2.05) is 13.8 Å². The lowest BCUT2D eigenvalue weighted by Gasteiger charge is -2.29. The van der Waals surface area contributed by atoms with E-state index in [1.54, 1.807) is 27.8 Å². The summed E-state index contributed by atoms with van der Waals surface area (Å²) in [5.74, 6) is -0.782. The fraction of sp³-hybridized carbons (Fsp3) is 0.600. The van der Waals surface area contributed by atoms with Gasteiger partial charge in [-0.3, -0.25) is 4.99 Å². The van der Waals surface area contributed by atoms with Crippen LogP contribution in [0.2, 0.25) is 0 Å². The predicted molar refractivity (Wildman–Crippen MR) is 105 cm³/mol. The Bertz CT molecular complexity index is 724. The van der Waals surface area contributed by atoms with Crippen LogP contribution in [0.1, 0.15) is 52.5 Å². The van der Waals surface area contributed by atoms with Gasteiger partial charge < -0.3 is 20.7 Å². The first kappa shape index (κ1) is 21.9. The molecule has 1 aromatic carbocycles. The number of hydrogen-bond acceptors (Lipinski definition) is 3. The minimum Gasteiger partial charge on any atom is -0.444 e. The number of carbonyl (C=O) groups excluding carboxylic acids is 1. The van der Waals surface area contributed by atoms with Gasteiger partial charge >= 0.3 is 6.09 Å². The summed E-state index contributed by atoms with van der Waals surface area (Å²) in [6, 6.07) is 3.80. The van der Waals surface area contributed by atoms with Crippen molar-refractivity contribution in [1.82, 2.24) is 16.0 Å². The standard InChI is InChI=1S/C20H30F2N4O2/c1-19(2,3)28-18(27)26-20(4,5)11-24-17(23-6)25-15-10-12(15)16-13(21)8-7-9-14(16)22/h7-9,12,15H,10-11H2,1-6H3,(H,26,27)(H2,23,24,25). The van der Waals surface area contributed by atoms with E-state index in [2.05, 4.69) is 20.9 Å². The zero-order valence-electron chi connectivity index (χ0n) is 17.3. The van der Waals surface area contributed by atoms with Gasteiger partial charge in [0, 0.05) is 31.1 Å². The molecular weight excluding hydrogens is 366 g/mol. The molecule has 0 heterocycles. The third-order valence-electron chi connectivity index (χ3n) is 4.24. The first-order chi connectivity index (χ1) is 12.9. The van der Waals surface area contributed by atoms with Crippen LogP contribution in [-0.4, -0.2) is 42.8 Å². The molecule has 2 unspecified atom stereocenters. The molecule has 0 bridgehead atoms. The second-order valence-corrected chi connectivity index (χ2v) is 8.66. The van der Waals surface area contributed by atoms with E-state index in [0.717, 1.165) is 0 Å². The third-order valence-corrected chi connectivity index (χ3v) is 4.24. The van der Waals surface area contributed by atoms with Crippen molar-refractivity contribution in [2.75, 3.05) is 13.6 Å². The van der Waals surface area contributed by atoms with Crippen molar-refractivity contribution in [2.45, 2.75) is 64.1 Å². The minimum absolute atomic E-state index is 0.0977. The van der Waals surface area contributed by atoms with Crippen molar-refractivity contribution in [3.8, 4) is 0 Å². The van der Waals surface area contributed by atoms with Gasteiger partial charge in [-0.1, -0.05) is 6.07 Å². The van der Waals surface area contributed by atoms with Crippen LogP contribution in [0, 0.1) is 11.6 Å². The topological polar surface area (TPSA) is 74.8 Å². The van der Waals surface area contributed by atoms with Crippen LogP contribution in [0.25, 0.3) is 0 Å². The molecular formula is C20H30F2N4O2. The number of guanidine groups is 1. The van der Waals surface area contributed by atoms with Gasteiger partial charge in [-0.15, -0.1) is 0 Å². The van der Waals surface area contributed by atoms with Crippen molar-refractivity contribution in [2.24, 2.45) is 4.99 Å². The molecule has 6 nitrogen and oxygen atoms in total. The zero-order chi connectivity index (χ0) is 21.1. The molecule has 1 aliphatic carbocycles. The summed E-state index contributed by atoms with van der Waals surface area (Å²) in [5, 5.41) is 9.11. The number of halogens is 2. The fourth-order valence-electron chi connectivity index (χ4n) is 2.84. The van der Waals surface area contributed by atoms with E-state index >= 15 is 0 Å². The third kappa shape index (κ3) is 6.35. The van der Waals surface area contributed by atoms with E-state index in [9.17, 15) is 13.6 Å². The highest BCUT2D eigenvalue weighted by atomic mass is 19.1. The molecule has 1 aliphatic rings. The quantitative estimate of drug-likeness (QED) is 0.527. The van der Waals surface area contributed by atoms with Crippen molar-refractivity contribution >= 4 is 12.1 Å². The molecule has 156 valence electrons. The summed E-state index contributed by atoms with van der Waals surface area (Å²) in [4.78, 5) is 16.1. The highest BCUT2D eigenvalue weighted by Gasteiger charge is 2.42. The van der Waals surface area contributed by atoms with Crippen LogP contribution in [0.5, 0.6) is 0 Å². The number of aliphatic imine (C=N–C) groups is 1. The molecule has 0 radical (unpaired) electrons. The number of amides is 1. The molecule has 1 fully saturated rings. The molecule has 0 saturated heterocycles. The molecule has 1 amide bonds. The highest BCUT2D eigenvalue weighted by Crippen LogP contribution is 2.43. The van der Waals surface area contributed by atoms with Crippen molar-refractivity contribution in [1.29, 1.82) is 0 Å². The SMILES string of the molecule is CN=C(NCC(C)(C)NC(=O)OC(C)(C)C)NC1CC1c1c(F)cccc1F. The average Bonchev–Trinajstić information content (AvgIpc) is 3.27. The van der Waals surface area contributed by atoms with Gasteiger partial charge in [0.1, 0.15) is 17.2 Å². The molecule has 1 aromatic rings. The molecule has 28 heavy (non-hydrogen) atoms. The Balaban J connectivity index is 1.86. The highest BCUT2D eigenvalue weighted by molar-refractivity contribution is 5.80. The molecule has 1 saturated carbocycles. The number of carbonyl (C=O) groups is 1. The summed E-state index contributed by atoms with van der Waals surface area (Å²) in [7, 11) is 1.62. The van der Waals surface area contributed by atoms with Crippen molar-refractivity contribution in [3.05, 3.63) is 35.4 Å². The van der Waals surface area contributed by atoms with Crippen LogP contribution in [0.3, 0.4) is 0 Å². The van der Waals surface area contributed by atoms with Crippen LogP contribution in [0.4, 0.5) is 13.6 Å². The Morgan fingerprint density at radius 1 is 1.21 bits per heavy atom. The van der Waals surface area contributed by atoms with Gasteiger partial charge in [0.15, 0.2) is 5.96 Å². The first-order valence-corrected chi connectivity index (χ1v) is 9.34. The van der Waals surface area contributed by atoms with Crippen LogP contribution in [-0.2, 0) is 4.74 Å². The Labute approximate surface area is 165 Å². The van der Waals surface area contributed by atoms with Crippen molar-refractivity contribution < 1.29 is 18.3 Å². The molecule has 0 spiro atoms. The Hall–Kier alpha value is -2.38. The molecule has 2 atom stereocenters. The Morgan fingerprint density at radius 3 is 2.36 bits per heavy atom. The number of nitrogens with zero attached hydrogens (tertiary/aromatic N) is 1. The number of hydrogen-bond donors (Lipinski definition) is 3. The number of nitrogens with one attached hydrogen (secondary N) is 3. The number of rotatable bonds is 5. The number of benzene rings is 1. The summed E-state index contributed by atoms with van der Waals surface area (Å²) in [6.45, 7) is 9.49. The lowest BCUT2D eigenvalue weighted by Crippen LogP contribution is -2.54. The van der Waals surface area contributed by atoms with Gasteiger partial charge in [-0.2, -0.15) is 0 Å². The summed E-state index contributed by atoms with van der Waals surface area (Å²) >= 11 is 0. The first-order valence-electron chi connectivity index (χ1n) is 9.34. The maximum atomic E-state index is 13.9. The fourth-order valence-corrected chi connectivity index (χ4v) is 2.84. The number of ether oxygens (including phenoxy) is 1. The lowest BCUT2D eigenvalue weighted by molar-refractivity contribution is 0.0474. The van der Waals surface area contributed by atoms with Gasteiger partial charge in [0.05, 0.1) is 5.54 Å². The second-order valence-electron chi connectivity index (χ2n) is 8.66.